The number of piperidine rings is 1. The number of anilines is 1. The van der Waals surface area contributed by atoms with Crippen molar-refractivity contribution in [1.82, 2.24) is 4.98 Å². The van der Waals surface area contributed by atoms with Crippen LogP contribution in [-0.4, -0.2) is 31.7 Å². The fourth-order valence-corrected chi connectivity index (χ4v) is 7.47. The van der Waals surface area contributed by atoms with Crippen LogP contribution in [0.5, 0.6) is 0 Å². The van der Waals surface area contributed by atoms with Crippen LogP contribution in [0.4, 0.5) is 5.13 Å². The number of nitrogens with zero attached hydrogens (tertiary/aromatic N) is 2. The van der Waals surface area contributed by atoms with Gasteiger partial charge in [-0.15, -0.1) is 11.3 Å². The summed E-state index contributed by atoms with van der Waals surface area (Å²) in [4.78, 5) is 7.57. The molecule has 0 radical (unpaired) electrons. The van der Waals surface area contributed by atoms with Crippen LogP contribution < -0.4 is 4.90 Å². The van der Waals surface area contributed by atoms with E-state index in [-0.39, 0.29) is 5.25 Å². The van der Waals surface area contributed by atoms with E-state index in [1.165, 1.54) is 5.56 Å². The number of hydrogen-bond donors (Lipinski definition) is 0. The summed E-state index contributed by atoms with van der Waals surface area (Å²) in [6, 6.07) is 12.3. The zero-order valence-electron chi connectivity index (χ0n) is 18.0. The lowest BCUT2D eigenvalue weighted by Gasteiger charge is -2.32. The second-order valence-corrected chi connectivity index (χ2v) is 11.3. The third-order valence-corrected chi connectivity index (χ3v) is 9.34. The molecule has 4 nitrogen and oxygen atoms in total. The second kappa shape index (κ2) is 8.16. The van der Waals surface area contributed by atoms with Gasteiger partial charge in [-0.25, -0.2) is 13.4 Å². The SMILES string of the molecule is Cc1ccc(-c2csc(N3CCC(S(=O)(=O)c4c(C)cc(C)cc4C)CC3)n2)cc1. The molecule has 1 fully saturated rings. The first kappa shape index (κ1) is 21.1. The minimum Gasteiger partial charge on any atom is -0.348 e. The van der Waals surface area contributed by atoms with Gasteiger partial charge in [0.1, 0.15) is 0 Å². The highest BCUT2D eigenvalue weighted by molar-refractivity contribution is 7.92. The Morgan fingerprint density at radius 1 is 0.933 bits per heavy atom. The van der Waals surface area contributed by atoms with Crippen molar-refractivity contribution in [3.8, 4) is 11.3 Å². The minimum absolute atomic E-state index is 0.328. The summed E-state index contributed by atoms with van der Waals surface area (Å²) >= 11 is 1.63. The lowest BCUT2D eigenvalue weighted by Crippen LogP contribution is -2.39. The number of rotatable bonds is 4. The quantitative estimate of drug-likeness (QED) is 0.538. The molecule has 4 rings (SSSR count). The van der Waals surface area contributed by atoms with Gasteiger partial charge in [-0.2, -0.15) is 0 Å². The molecule has 1 aliphatic rings. The van der Waals surface area contributed by atoms with Gasteiger partial charge in [-0.1, -0.05) is 47.5 Å². The summed E-state index contributed by atoms with van der Waals surface area (Å²) in [5.74, 6) is 0. The zero-order valence-corrected chi connectivity index (χ0v) is 19.6. The van der Waals surface area contributed by atoms with Crippen LogP contribution in [-0.2, 0) is 9.84 Å². The molecule has 0 amide bonds. The molecule has 3 aromatic rings. The van der Waals surface area contributed by atoms with Gasteiger partial charge in [0.25, 0.3) is 0 Å². The minimum atomic E-state index is -3.33. The van der Waals surface area contributed by atoms with Crippen LogP contribution in [0.3, 0.4) is 0 Å². The smallest absolute Gasteiger partial charge is 0.185 e. The van der Waals surface area contributed by atoms with E-state index in [9.17, 15) is 8.42 Å². The molecular formula is C24H28N2O2S2. The highest BCUT2D eigenvalue weighted by Crippen LogP contribution is 2.33. The molecule has 0 saturated carbocycles. The Hall–Kier alpha value is -2.18. The summed E-state index contributed by atoms with van der Waals surface area (Å²) in [5.41, 5.74) is 6.15. The van der Waals surface area contributed by atoms with E-state index in [0.29, 0.717) is 30.8 Å². The molecule has 0 bridgehead atoms. The van der Waals surface area contributed by atoms with E-state index in [1.54, 1.807) is 11.3 Å². The summed E-state index contributed by atoms with van der Waals surface area (Å²) in [6.45, 7) is 9.33. The van der Waals surface area contributed by atoms with Gasteiger partial charge in [0.15, 0.2) is 15.0 Å². The highest BCUT2D eigenvalue weighted by Gasteiger charge is 2.34. The van der Waals surface area contributed by atoms with Crippen LogP contribution in [0.15, 0.2) is 46.7 Å². The van der Waals surface area contributed by atoms with E-state index in [1.807, 2.05) is 32.9 Å². The number of benzene rings is 2. The van der Waals surface area contributed by atoms with Gasteiger partial charge in [-0.05, 0) is 51.7 Å². The van der Waals surface area contributed by atoms with Gasteiger partial charge in [0.05, 0.1) is 15.8 Å². The van der Waals surface area contributed by atoms with E-state index in [4.69, 9.17) is 4.98 Å². The van der Waals surface area contributed by atoms with Crippen molar-refractivity contribution in [2.45, 2.75) is 50.7 Å². The molecule has 30 heavy (non-hydrogen) atoms. The average molecular weight is 441 g/mol. The first-order valence-corrected chi connectivity index (χ1v) is 12.8. The van der Waals surface area contributed by atoms with E-state index in [0.717, 1.165) is 33.1 Å². The van der Waals surface area contributed by atoms with Crippen LogP contribution in [0.25, 0.3) is 11.3 Å². The fourth-order valence-electron chi connectivity index (χ4n) is 4.41. The first-order chi connectivity index (χ1) is 14.3. The van der Waals surface area contributed by atoms with Crippen molar-refractivity contribution in [3.63, 3.8) is 0 Å². The maximum absolute atomic E-state index is 13.4. The molecule has 0 unspecified atom stereocenters. The van der Waals surface area contributed by atoms with Crippen molar-refractivity contribution in [1.29, 1.82) is 0 Å². The van der Waals surface area contributed by atoms with Crippen molar-refractivity contribution < 1.29 is 8.42 Å². The molecule has 1 saturated heterocycles. The number of sulfone groups is 1. The molecule has 1 aromatic heterocycles. The topological polar surface area (TPSA) is 50.3 Å². The Morgan fingerprint density at radius 3 is 2.13 bits per heavy atom. The summed E-state index contributed by atoms with van der Waals surface area (Å²) in [5, 5.41) is 2.73. The summed E-state index contributed by atoms with van der Waals surface area (Å²) in [7, 11) is -3.33. The number of aromatic nitrogens is 1. The highest BCUT2D eigenvalue weighted by atomic mass is 32.2. The fraction of sp³-hybridized carbons (Fsp3) is 0.375. The van der Waals surface area contributed by atoms with Crippen molar-refractivity contribution in [2.24, 2.45) is 0 Å². The largest absolute Gasteiger partial charge is 0.348 e. The van der Waals surface area contributed by atoms with E-state index < -0.39 is 9.84 Å². The van der Waals surface area contributed by atoms with Gasteiger partial charge >= 0.3 is 0 Å². The molecule has 0 N–H and O–H groups in total. The molecular weight excluding hydrogens is 412 g/mol. The molecule has 2 aromatic carbocycles. The lowest BCUT2D eigenvalue weighted by molar-refractivity contribution is 0.528. The molecule has 2 heterocycles. The summed E-state index contributed by atoms with van der Waals surface area (Å²) in [6.07, 6.45) is 1.27. The van der Waals surface area contributed by atoms with Crippen molar-refractivity contribution in [3.05, 3.63) is 64.0 Å². The van der Waals surface area contributed by atoms with Crippen LogP contribution >= 0.6 is 11.3 Å². The first-order valence-electron chi connectivity index (χ1n) is 10.3. The molecule has 0 spiro atoms. The van der Waals surface area contributed by atoms with Gasteiger partial charge < -0.3 is 4.90 Å². The predicted molar refractivity (Wildman–Crippen MR) is 125 cm³/mol. The Kier molecular flexibility index (Phi) is 5.73. The average Bonchev–Trinajstić information content (AvgIpc) is 3.18. The van der Waals surface area contributed by atoms with Gasteiger partial charge in [0.2, 0.25) is 0 Å². The van der Waals surface area contributed by atoms with Crippen LogP contribution in [0, 0.1) is 27.7 Å². The number of aryl methyl sites for hydroxylation is 4. The summed E-state index contributed by atoms with van der Waals surface area (Å²) < 4.78 is 26.7. The zero-order chi connectivity index (χ0) is 21.5. The van der Waals surface area contributed by atoms with Crippen LogP contribution in [0.2, 0.25) is 0 Å². The molecule has 0 atom stereocenters. The van der Waals surface area contributed by atoms with Crippen molar-refractivity contribution in [2.75, 3.05) is 18.0 Å². The monoisotopic (exact) mass is 440 g/mol. The van der Waals surface area contributed by atoms with Crippen molar-refractivity contribution >= 4 is 26.3 Å². The second-order valence-electron chi connectivity index (χ2n) is 8.34. The molecule has 6 heteroatoms. The Morgan fingerprint density at radius 2 is 1.53 bits per heavy atom. The Labute approximate surface area is 183 Å². The molecule has 158 valence electrons. The third-order valence-electron chi connectivity index (χ3n) is 5.88. The Balaban J connectivity index is 1.49. The van der Waals surface area contributed by atoms with Gasteiger partial charge in [0, 0.05) is 24.0 Å². The van der Waals surface area contributed by atoms with E-state index >= 15 is 0 Å². The normalized spacial score (nSPS) is 15.5. The Bertz CT molecular complexity index is 1130. The maximum Gasteiger partial charge on any atom is 0.185 e. The number of thiazole rings is 1. The number of hydrogen-bond acceptors (Lipinski definition) is 5. The molecule has 0 aliphatic carbocycles. The standard InChI is InChI=1S/C24H28N2O2S2/c1-16-5-7-20(8-6-16)22-15-29-24(25-22)26-11-9-21(10-12-26)30(27,28)23-18(3)13-17(2)14-19(23)4/h5-8,13-15,21H,9-12H2,1-4H3. The van der Waals surface area contributed by atoms with Gasteiger partial charge in [-0.3, -0.25) is 0 Å². The third kappa shape index (κ3) is 4.03. The molecule has 1 aliphatic heterocycles. The van der Waals surface area contributed by atoms with E-state index in [2.05, 4.69) is 41.5 Å². The predicted octanol–water partition coefficient (Wildman–Crippen LogP) is 5.49. The van der Waals surface area contributed by atoms with Crippen LogP contribution in [0.1, 0.15) is 35.1 Å². The maximum atomic E-state index is 13.4. The lowest BCUT2D eigenvalue weighted by atomic mass is 10.1.